The van der Waals surface area contributed by atoms with Crippen molar-refractivity contribution >= 4 is 50.6 Å². The number of ether oxygens (including phenoxy) is 1. The summed E-state index contributed by atoms with van der Waals surface area (Å²) in [7, 11) is -4.42. The number of aryl methyl sites for hydroxylation is 1. The van der Waals surface area contributed by atoms with Gasteiger partial charge in [0.1, 0.15) is 4.90 Å². The van der Waals surface area contributed by atoms with Gasteiger partial charge in [0.25, 0.3) is 15.9 Å². The molecule has 0 unspecified atom stereocenters. The van der Waals surface area contributed by atoms with E-state index in [2.05, 4.69) is 14.9 Å². The number of thiophene rings is 1. The molecule has 0 spiro atoms. The lowest BCUT2D eigenvalue weighted by atomic mass is 9.98. The van der Waals surface area contributed by atoms with E-state index >= 15 is 4.39 Å². The van der Waals surface area contributed by atoms with Gasteiger partial charge in [-0.1, -0.05) is 12.1 Å². The number of benzene rings is 2. The van der Waals surface area contributed by atoms with Gasteiger partial charge in [-0.2, -0.15) is 0 Å². The van der Waals surface area contributed by atoms with E-state index in [9.17, 15) is 18.0 Å². The van der Waals surface area contributed by atoms with E-state index in [1.165, 1.54) is 24.3 Å². The molecular weight excluding hydrogens is 517 g/mol. The van der Waals surface area contributed by atoms with Crippen molar-refractivity contribution in [3.63, 3.8) is 0 Å². The zero-order chi connectivity index (χ0) is 26.9. The molecule has 196 valence electrons. The highest BCUT2D eigenvalue weighted by molar-refractivity contribution is 7.92. The first kappa shape index (κ1) is 26.8. The van der Waals surface area contributed by atoms with Gasteiger partial charge in [0, 0.05) is 18.8 Å². The van der Waals surface area contributed by atoms with E-state index in [0.29, 0.717) is 59.8 Å². The lowest BCUT2D eigenvalue weighted by molar-refractivity contribution is 0.102. The fraction of sp³-hybridized carbons (Fsp3) is 0.308. The Morgan fingerprint density at radius 3 is 2.35 bits per heavy atom. The summed E-state index contributed by atoms with van der Waals surface area (Å²) in [6.07, 6.45) is 0.306. The van der Waals surface area contributed by atoms with Gasteiger partial charge in [0.2, 0.25) is 0 Å². The molecule has 0 aliphatic carbocycles. The van der Waals surface area contributed by atoms with Crippen LogP contribution in [0.4, 0.5) is 21.5 Å². The van der Waals surface area contributed by atoms with Gasteiger partial charge in [-0.05, 0) is 67.5 Å². The van der Waals surface area contributed by atoms with Crippen molar-refractivity contribution in [2.24, 2.45) is 0 Å². The van der Waals surface area contributed by atoms with Crippen LogP contribution < -0.4 is 14.9 Å². The molecular formula is C26H28FN3O5S2. The highest BCUT2D eigenvalue weighted by atomic mass is 32.2. The van der Waals surface area contributed by atoms with Crippen molar-refractivity contribution in [2.75, 3.05) is 41.2 Å². The maximum absolute atomic E-state index is 15.0. The third-order valence-corrected chi connectivity index (χ3v) is 8.76. The van der Waals surface area contributed by atoms with Gasteiger partial charge in [-0.25, -0.2) is 12.8 Å². The molecule has 2 heterocycles. The number of nitrogens with zero attached hydrogens (tertiary/aromatic N) is 1. The van der Waals surface area contributed by atoms with Crippen LogP contribution in [0, 0.1) is 33.5 Å². The second-order valence-electron chi connectivity index (χ2n) is 8.84. The summed E-state index contributed by atoms with van der Waals surface area (Å²) in [5, 5.41) is 4.75. The Balaban J connectivity index is 1.86. The van der Waals surface area contributed by atoms with Crippen LogP contribution in [0.25, 0.3) is 0 Å². The van der Waals surface area contributed by atoms with Crippen molar-refractivity contribution < 1.29 is 27.1 Å². The molecule has 1 saturated heterocycles. The molecule has 1 amide bonds. The van der Waals surface area contributed by atoms with Crippen LogP contribution in [0.5, 0.6) is 0 Å². The first-order chi connectivity index (χ1) is 17.6. The van der Waals surface area contributed by atoms with Crippen molar-refractivity contribution in [1.82, 2.24) is 0 Å². The minimum Gasteiger partial charge on any atom is -0.378 e. The van der Waals surface area contributed by atoms with Crippen LogP contribution in [0.1, 0.15) is 42.3 Å². The maximum atomic E-state index is 15.0. The third-order valence-electron chi connectivity index (χ3n) is 6.53. The summed E-state index contributed by atoms with van der Waals surface area (Å²) in [6.45, 7) is 9.09. The fourth-order valence-electron chi connectivity index (χ4n) is 4.60. The fourth-order valence-corrected chi connectivity index (χ4v) is 6.50. The maximum Gasteiger partial charge on any atom is 0.265 e. The molecule has 2 aromatic carbocycles. The lowest BCUT2D eigenvalue weighted by Crippen LogP contribution is -2.37. The molecule has 11 heteroatoms. The first-order valence-electron chi connectivity index (χ1n) is 11.6. The average Bonchev–Trinajstić information content (AvgIpc) is 3.41. The molecule has 1 fully saturated rings. The van der Waals surface area contributed by atoms with Crippen LogP contribution in [0.2, 0.25) is 0 Å². The van der Waals surface area contributed by atoms with E-state index in [0.717, 1.165) is 17.3 Å². The van der Waals surface area contributed by atoms with Gasteiger partial charge < -0.3 is 15.0 Å². The van der Waals surface area contributed by atoms with Crippen LogP contribution in [-0.4, -0.2) is 46.9 Å². The standard InChI is InChI=1S/C26H28FN3O5S2/c1-15-7-8-21(22(27)19(15)14-31)37(33,34)29-24-16(2)23(28-26(32)20-6-5-13-36-20)17(3)25(18(24)4)30-9-11-35-12-10-30/h5-8,13-14,29H,9-12H2,1-4H3,(H,28,32). The second-order valence-corrected chi connectivity index (χ2v) is 11.4. The van der Waals surface area contributed by atoms with Gasteiger partial charge >= 0.3 is 0 Å². The zero-order valence-electron chi connectivity index (χ0n) is 21.0. The number of rotatable bonds is 7. The van der Waals surface area contributed by atoms with E-state index in [-0.39, 0.29) is 17.2 Å². The molecule has 0 atom stereocenters. The van der Waals surface area contributed by atoms with Gasteiger partial charge in [-0.3, -0.25) is 14.3 Å². The van der Waals surface area contributed by atoms with Gasteiger partial charge in [-0.15, -0.1) is 11.3 Å². The number of carbonyl (C=O) groups is 2. The predicted octanol–water partition coefficient (Wildman–Crippen LogP) is 4.82. The van der Waals surface area contributed by atoms with E-state index < -0.39 is 20.7 Å². The highest BCUT2D eigenvalue weighted by Gasteiger charge is 2.28. The summed E-state index contributed by atoms with van der Waals surface area (Å²) in [5.41, 5.74) is 3.42. The monoisotopic (exact) mass is 545 g/mol. The first-order valence-corrected chi connectivity index (χ1v) is 14.0. The third kappa shape index (κ3) is 5.11. The Morgan fingerprint density at radius 1 is 1.05 bits per heavy atom. The zero-order valence-corrected chi connectivity index (χ0v) is 22.6. The minimum absolute atomic E-state index is 0.237. The van der Waals surface area contributed by atoms with E-state index in [4.69, 9.17) is 4.74 Å². The largest absolute Gasteiger partial charge is 0.378 e. The topological polar surface area (TPSA) is 105 Å². The summed E-state index contributed by atoms with van der Waals surface area (Å²) in [4.78, 5) is 26.3. The number of carbonyl (C=O) groups excluding carboxylic acids is 2. The minimum atomic E-state index is -4.42. The molecule has 8 nitrogen and oxygen atoms in total. The van der Waals surface area contributed by atoms with E-state index in [1.54, 1.807) is 31.4 Å². The number of sulfonamides is 1. The van der Waals surface area contributed by atoms with Gasteiger partial charge in [0.05, 0.1) is 35.0 Å². The Morgan fingerprint density at radius 2 is 1.73 bits per heavy atom. The quantitative estimate of drug-likeness (QED) is 0.413. The number of anilines is 3. The predicted molar refractivity (Wildman–Crippen MR) is 143 cm³/mol. The van der Waals surface area contributed by atoms with Crippen molar-refractivity contribution in [1.29, 1.82) is 0 Å². The molecule has 1 aromatic heterocycles. The average molecular weight is 546 g/mol. The number of hydrogen-bond acceptors (Lipinski definition) is 7. The summed E-state index contributed by atoms with van der Waals surface area (Å²) in [5.74, 6) is -1.42. The molecule has 3 aromatic rings. The molecule has 4 rings (SSSR count). The Labute approximate surface area is 219 Å². The molecule has 0 radical (unpaired) electrons. The number of nitrogens with one attached hydrogen (secondary N) is 2. The summed E-state index contributed by atoms with van der Waals surface area (Å²) < 4.78 is 49.9. The van der Waals surface area contributed by atoms with Crippen molar-refractivity contribution in [3.05, 3.63) is 68.2 Å². The lowest BCUT2D eigenvalue weighted by Gasteiger charge is -2.34. The Bertz CT molecular complexity index is 1460. The highest BCUT2D eigenvalue weighted by Crippen LogP contribution is 2.41. The Hall–Kier alpha value is -3.28. The molecule has 1 aliphatic heterocycles. The SMILES string of the molecule is Cc1ccc(S(=O)(=O)Nc2c(C)c(NC(=O)c3cccs3)c(C)c(N3CCOCC3)c2C)c(F)c1C=O. The number of aldehydes is 1. The summed E-state index contributed by atoms with van der Waals surface area (Å²) in [6, 6.07) is 6.01. The van der Waals surface area contributed by atoms with Crippen LogP contribution in [-0.2, 0) is 14.8 Å². The number of morpholine rings is 1. The smallest absolute Gasteiger partial charge is 0.265 e. The van der Waals surface area contributed by atoms with Gasteiger partial charge in [0.15, 0.2) is 12.1 Å². The molecule has 1 aliphatic rings. The number of hydrogen-bond donors (Lipinski definition) is 2. The molecule has 37 heavy (non-hydrogen) atoms. The van der Waals surface area contributed by atoms with Crippen molar-refractivity contribution in [3.8, 4) is 0 Å². The number of halogens is 1. The van der Waals surface area contributed by atoms with Crippen molar-refractivity contribution in [2.45, 2.75) is 32.6 Å². The number of amides is 1. The van der Waals surface area contributed by atoms with Crippen LogP contribution in [0.3, 0.4) is 0 Å². The molecule has 2 N–H and O–H groups in total. The normalized spacial score (nSPS) is 13.9. The van der Waals surface area contributed by atoms with Crippen LogP contribution in [0.15, 0.2) is 34.5 Å². The molecule has 0 bridgehead atoms. The summed E-state index contributed by atoms with van der Waals surface area (Å²) >= 11 is 1.29. The second kappa shape index (κ2) is 10.6. The van der Waals surface area contributed by atoms with E-state index in [1.807, 2.05) is 6.92 Å². The molecule has 0 saturated carbocycles. The van der Waals surface area contributed by atoms with Crippen LogP contribution >= 0.6 is 11.3 Å². The Kier molecular flexibility index (Phi) is 7.67.